The summed E-state index contributed by atoms with van der Waals surface area (Å²) < 4.78 is 2.04. The number of carbonyl (C=O) groups excluding carboxylic acids is 2. The number of carbonyl (C=O) groups is 2. The maximum atomic E-state index is 13.8. The highest BCUT2D eigenvalue weighted by Crippen LogP contribution is 2.35. The Morgan fingerprint density at radius 1 is 1.00 bits per heavy atom. The predicted molar refractivity (Wildman–Crippen MR) is 132 cm³/mol. The van der Waals surface area contributed by atoms with Crippen LogP contribution >= 0.6 is 11.3 Å². The van der Waals surface area contributed by atoms with Crippen LogP contribution < -0.4 is 5.32 Å². The quantitative estimate of drug-likeness (QED) is 0.512. The number of nitrogens with zero attached hydrogens (tertiary/aromatic N) is 2. The Labute approximate surface area is 199 Å². The zero-order valence-electron chi connectivity index (χ0n) is 19.1. The van der Waals surface area contributed by atoms with Gasteiger partial charge in [0, 0.05) is 16.6 Å². The minimum atomic E-state index is -0.969. The van der Waals surface area contributed by atoms with E-state index in [0.717, 1.165) is 41.8 Å². The number of hydrogen-bond acceptors (Lipinski definition) is 3. The van der Waals surface area contributed by atoms with E-state index in [2.05, 4.69) is 5.32 Å². The van der Waals surface area contributed by atoms with Gasteiger partial charge in [-0.2, -0.15) is 0 Å². The number of nitrogens with one attached hydrogen (secondary N) is 1. The number of rotatable bonds is 5. The van der Waals surface area contributed by atoms with Crippen LogP contribution in [0.5, 0.6) is 0 Å². The molecule has 1 aliphatic carbocycles. The monoisotopic (exact) mass is 461 g/mol. The number of thiophene rings is 1. The van der Waals surface area contributed by atoms with Crippen molar-refractivity contribution in [2.24, 2.45) is 0 Å². The van der Waals surface area contributed by atoms with Gasteiger partial charge in [0.05, 0.1) is 13.1 Å². The first kappa shape index (κ1) is 22.0. The summed E-state index contributed by atoms with van der Waals surface area (Å²) in [6.45, 7) is 2.81. The molecule has 0 bridgehead atoms. The van der Waals surface area contributed by atoms with Gasteiger partial charge >= 0.3 is 0 Å². The van der Waals surface area contributed by atoms with Crippen LogP contribution in [0, 0.1) is 0 Å². The molecule has 5 nitrogen and oxygen atoms in total. The van der Waals surface area contributed by atoms with Gasteiger partial charge in [-0.25, -0.2) is 0 Å². The fourth-order valence-corrected chi connectivity index (χ4v) is 5.90. The molecule has 1 N–H and O–H groups in total. The number of amides is 2. The molecule has 1 aromatic carbocycles. The SMILES string of the molecule is C[C@]1(C(=O)NC2CCCCCC2)Cn2c(ccc2-c2ccccc2)C(=O)N1Cc1cccs1. The lowest BCUT2D eigenvalue weighted by molar-refractivity contribution is -0.134. The zero-order valence-corrected chi connectivity index (χ0v) is 19.9. The summed E-state index contributed by atoms with van der Waals surface area (Å²) in [5.74, 6) is -0.131. The topological polar surface area (TPSA) is 54.3 Å². The van der Waals surface area contributed by atoms with Gasteiger partial charge in [-0.3, -0.25) is 9.59 Å². The standard InChI is InChI=1S/C27H31N3O2S/c1-27(26(32)28-21-12-7-2-3-8-13-21)19-29-23(20-10-5-4-6-11-20)15-16-24(29)25(31)30(27)18-22-14-9-17-33-22/h4-6,9-11,14-17,21H,2-3,7-8,12-13,18-19H2,1H3,(H,28,32)/t27-/m1/s1. The second kappa shape index (κ2) is 9.18. The van der Waals surface area contributed by atoms with Crippen molar-refractivity contribution in [1.82, 2.24) is 14.8 Å². The maximum absolute atomic E-state index is 13.8. The molecule has 172 valence electrons. The van der Waals surface area contributed by atoms with E-state index in [1.54, 1.807) is 16.2 Å². The van der Waals surface area contributed by atoms with Crippen molar-refractivity contribution in [1.29, 1.82) is 0 Å². The summed E-state index contributed by atoms with van der Waals surface area (Å²) in [5.41, 5.74) is 1.70. The van der Waals surface area contributed by atoms with E-state index >= 15 is 0 Å². The molecule has 0 radical (unpaired) electrons. The molecule has 0 spiro atoms. The van der Waals surface area contributed by atoms with Gasteiger partial charge in [0.15, 0.2) is 0 Å². The third-order valence-corrected chi connectivity index (χ3v) is 8.01. The van der Waals surface area contributed by atoms with Crippen molar-refractivity contribution in [2.75, 3.05) is 0 Å². The highest BCUT2D eigenvalue weighted by molar-refractivity contribution is 7.09. The van der Waals surface area contributed by atoms with Crippen molar-refractivity contribution in [3.63, 3.8) is 0 Å². The summed E-state index contributed by atoms with van der Waals surface area (Å²) in [5, 5.41) is 5.36. The molecular weight excluding hydrogens is 430 g/mol. The third-order valence-electron chi connectivity index (χ3n) is 7.15. The summed E-state index contributed by atoms with van der Waals surface area (Å²) in [6.07, 6.45) is 6.81. The minimum absolute atomic E-state index is 0.0438. The van der Waals surface area contributed by atoms with Crippen molar-refractivity contribution in [2.45, 2.75) is 70.1 Å². The van der Waals surface area contributed by atoms with E-state index in [1.165, 1.54) is 12.8 Å². The molecule has 6 heteroatoms. The average Bonchev–Trinajstić information content (AvgIpc) is 3.42. The molecule has 5 rings (SSSR count). The molecule has 1 aliphatic heterocycles. The van der Waals surface area contributed by atoms with E-state index in [9.17, 15) is 9.59 Å². The van der Waals surface area contributed by atoms with Crippen LogP contribution in [0.2, 0.25) is 0 Å². The fourth-order valence-electron chi connectivity index (χ4n) is 5.20. The van der Waals surface area contributed by atoms with Crippen LogP contribution in [-0.4, -0.2) is 32.9 Å². The van der Waals surface area contributed by atoms with Crippen molar-refractivity contribution >= 4 is 23.2 Å². The van der Waals surface area contributed by atoms with Crippen molar-refractivity contribution in [3.8, 4) is 11.3 Å². The summed E-state index contributed by atoms with van der Waals surface area (Å²) in [4.78, 5) is 30.5. The van der Waals surface area contributed by atoms with Crippen LogP contribution in [0.3, 0.4) is 0 Å². The molecule has 1 fully saturated rings. The molecule has 2 aliphatic rings. The van der Waals surface area contributed by atoms with Crippen molar-refractivity contribution in [3.05, 3.63) is 70.5 Å². The lowest BCUT2D eigenvalue weighted by atomic mass is 9.93. The molecule has 2 amide bonds. The second-order valence-electron chi connectivity index (χ2n) is 9.46. The molecule has 0 saturated heterocycles. The molecule has 3 aromatic rings. The van der Waals surface area contributed by atoms with E-state index in [1.807, 2.05) is 71.5 Å². The Bertz CT molecular complexity index is 1110. The van der Waals surface area contributed by atoms with Gasteiger partial charge in [-0.1, -0.05) is 62.1 Å². The van der Waals surface area contributed by atoms with E-state index in [4.69, 9.17) is 0 Å². The molecule has 1 saturated carbocycles. The first-order valence-electron chi connectivity index (χ1n) is 12.0. The van der Waals surface area contributed by atoms with Crippen molar-refractivity contribution < 1.29 is 9.59 Å². The Kier molecular flexibility index (Phi) is 6.11. The highest BCUT2D eigenvalue weighted by atomic mass is 32.1. The molecule has 0 unspecified atom stereocenters. The Morgan fingerprint density at radius 2 is 1.73 bits per heavy atom. The number of fused-ring (bicyclic) bond motifs is 1. The summed E-state index contributed by atoms with van der Waals surface area (Å²) >= 11 is 1.62. The summed E-state index contributed by atoms with van der Waals surface area (Å²) in [6, 6.07) is 18.2. The highest BCUT2D eigenvalue weighted by Gasteiger charge is 2.48. The van der Waals surface area contributed by atoms with Crippen LogP contribution in [0.25, 0.3) is 11.3 Å². The maximum Gasteiger partial charge on any atom is 0.271 e. The van der Waals surface area contributed by atoms with E-state index < -0.39 is 5.54 Å². The van der Waals surface area contributed by atoms with E-state index in [-0.39, 0.29) is 17.9 Å². The van der Waals surface area contributed by atoms with Crippen LogP contribution in [0.1, 0.15) is 60.8 Å². The number of hydrogen-bond donors (Lipinski definition) is 1. The lowest BCUT2D eigenvalue weighted by Crippen LogP contribution is -2.64. The Hall–Kier alpha value is -2.86. The minimum Gasteiger partial charge on any atom is -0.351 e. The first-order chi connectivity index (χ1) is 16.1. The molecule has 3 heterocycles. The van der Waals surface area contributed by atoms with Crippen LogP contribution in [0.4, 0.5) is 0 Å². The molecule has 2 aromatic heterocycles. The predicted octanol–water partition coefficient (Wildman–Crippen LogP) is 5.47. The second-order valence-corrected chi connectivity index (χ2v) is 10.5. The van der Waals surface area contributed by atoms with Gasteiger partial charge in [0.2, 0.25) is 5.91 Å². The lowest BCUT2D eigenvalue weighted by Gasteiger charge is -2.44. The van der Waals surface area contributed by atoms with E-state index in [0.29, 0.717) is 18.8 Å². The summed E-state index contributed by atoms with van der Waals surface area (Å²) in [7, 11) is 0. The zero-order chi connectivity index (χ0) is 22.8. The van der Waals surface area contributed by atoms with Gasteiger partial charge in [0.1, 0.15) is 11.2 Å². The normalized spacial score (nSPS) is 21.5. The average molecular weight is 462 g/mol. The van der Waals surface area contributed by atoms with Gasteiger partial charge in [-0.05, 0) is 48.9 Å². The fraction of sp³-hybridized carbons (Fsp3) is 0.407. The first-order valence-corrected chi connectivity index (χ1v) is 12.8. The largest absolute Gasteiger partial charge is 0.351 e. The molecular formula is C27H31N3O2S. The Balaban J connectivity index is 1.51. The third kappa shape index (κ3) is 4.24. The Morgan fingerprint density at radius 3 is 2.42 bits per heavy atom. The number of aromatic nitrogens is 1. The molecule has 1 atom stereocenters. The smallest absolute Gasteiger partial charge is 0.271 e. The molecule has 33 heavy (non-hydrogen) atoms. The van der Waals surface area contributed by atoms with Gasteiger partial charge in [0.25, 0.3) is 5.91 Å². The van der Waals surface area contributed by atoms with Gasteiger partial charge in [-0.15, -0.1) is 11.3 Å². The number of benzene rings is 1. The van der Waals surface area contributed by atoms with Crippen LogP contribution in [-0.2, 0) is 17.9 Å². The van der Waals surface area contributed by atoms with Crippen LogP contribution in [0.15, 0.2) is 60.0 Å². The van der Waals surface area contributed by atoms with Gasteiger partial charge < -0.3 is 14.8 Å².